The molecule has 0 spiro atoms. The zero-order chi connectivity index (χ0) is 19.6. The number of carbonyl (C=O) groups is 1. The molecule has 0 N–H and O–H groups in total. The normalized spacial score (nSPS) is 16.1. The fraction of sp³-hybridized carbons (Fsp3) is 0.333. The highest BCUT2D eigenvalue weighted by Gasteiger charge is 2.34. The summed E-state index contributed by atoms with van der Waals surface area (Å²) in [6, 6.07) is 11.6. The summed E-state index contributed by atoms with van der Waals surface area (Å²) in [5.74, 6) is 1.50. The van der Waals surface area contributed by atoms with E-state index in [9.17, 15) is 4.79 Å². The molecule has 6 nitrogen and oxygen atoms in total. The first-order valence-electron chi connectivity index (χ1n) is 8.73. The predicted octanol–water partition coefficient (Wildman–Crippen LogP) is 3.72. The quantitative estimate of drug-likeness (QED) is 0.807. The van der Waals surface area contributed by atoms with Gasteiger partial charge in [0.1, 0.15) is 0 Å². The first-order chi connectivity index (χ1) is 13.0. The number of ether oxygens (including phenoxy) is 3. The van der Waals surface area contributed by atoms with Crippen LogP contribution in [0.1, 0.15) is 36.1 Å². The van der Waals surface area contributed by atoms with Crippen LogP contribution in [0.4, 0.5) is 0 Å². The zero-order valence-corrected chi connectivity index (χ0v) is 16.3. The Morgan fingerprint density at radius 2 is 1.81 bits per heavy atom. The molecule has 6 heteroatoms. The second-order valence-electron chi connectivity index (χ2n) is 6.42. The third kappa shape index (κ3) is 3.47. The molecule has 3 rings (SSSR count). The summed E-state index contributed by atoms with van der Waals surface area (Å²) in [6.07, 6.45) is 0.592. The van der Waals surface area contributed by atoms with Crippen LogP contribution in [0.2, 0.25) is 0 Å². The Morgan fingerprint density at radius 1 is 1.07 bits per heavy atom. The molecule has 2 aromatic rings. The fourth-order valence-corrected chi connectivity index (χ4v) is 3.43. The van der Waals surface area contributed by atoms with Gasteiger partial charge in [0.05, 0.1) is 33.1 Å². The fourth-order valence-electron chi connectivity index (χ4n) is 3.43. The van der Waals surface area contributed by atoms with Crippen molar-refractivity contribution < 1.29 is 19.0 Å². The van der Waals surface area contributed by atoms with E-state index in [1.165, 1.54) is 11.9 Å². The molecule has 1 unspecified atom stereocenters. The Balaban J connectivity index is 2.06. The molecule has 0 radical (unpaired) electrons. The van der Waals surface area contributed by atoms with E-state index in [1.54, 1.807) is 21.3 Å². The number of rotatable bonds is 5. The highest BCUT2D eigenvalue weighted by atomic mass is 16.5. The van der Waals surface area contributed by atoms with E-state index in [1.807, 2.05) is 37.3 Å². The number of methoxy groups -OCH3 is 3. The van der Waals surface area contributed by atoms with Gasteiger partial charge in [-0.1, -0.05) is 29.8 Å². The molecule has 0 aliphatic carbocycles. The number of hydrogen-bond acceptors (Lipinski definition) is 5. The summed E-state index contributed by atoms with van der Waals surface area (Å²) in [5, 5.41) is 6.12. The van der Waals surface area contributed by atoms with E-state index >= 15 is 0 Å². The smallest absolute Gasteiger partial charge is 0.240 e. The summed E-state index contributed by atoms with van der Waals surface area (Å²) < 4.78 is 16.5. The van der Waals surface area contributed by atoms with Crippen LogP contribution in [0.3, 0.4) is 0 Å². The average molecular weight is 368 g/mol. The Hall–Kier alpha value is -3.02. The van der Waals surface area contributed by atoms with Gasteiger partial charge in [0.2, 0.25) is 11.7 Å². The van der Waals surface area contributed by atoms with Crippen LogP contribution in [0.5, 0.6) is 17.2 Å². The molecule has 1 aliphatic heterocycles. The summed E-state index contributed by atoms with van der Waals surface area (Å²) in [6.45, 7) is 3.56. The topological polar surface area (TPSA) is 60.4 Å². The van der Waals surface area contributed by atoms with Gasteiger partial charge in [-0.25, -0.2) is 5.01 Å². The van der Waals surface area contributed by atoms with Gasteiger partial charge in [-0.3, -0.25) is 4.79 Å². The van der Waals surface area contributed by atoms with E-state index in [0.717, 1.165) is 22.4 Å². The second kappa shape index (κ2) is 7.70. The lowest BCUT2D eigenvalue weighted by molar-refractivity contribution is -0.130. The number of aryl methyl sites for hydroxylation is 1. The van der Waals surface area contributed by atoms with Crippen LogP contribution in [-0.2, 0) is 4.79 Å². The van der Waals surface area contributed by atoms with Crippen molar-refractivity contribution in [3.05, 3.63) is 53.1 Å². The van der Waals surface area contributed by atoms with Crippen molar-refractivity contribution in [2.24, 2.45) is 5.10 Å². The molecule has 0 aromatic heterocycles. The maximum atomic E-state index is 12.3. The van der Waals surface area contributed by atoms with E-state index in [4.69, 9.17) is 14.2 Å². The van der Waals surface area contributed by atoms with Crippen molar-refractivity contribution in [1.82, 2.24) is 5.01 Å². The molecular formula is C21H24N2O4. The maximum absolute atomic E-state index is 12.3. The Bertz CT molecular complexity index is 892. The first-order valence-corrected chi connectivity index (χ1v) is 8.73. The number of nitrogens with zero attached hydrogens (tertiary/aromatic N) is 2. The predicted molar refractivity (Wildman–Crippen MR) is 104 cm³/mol. The number of hydrazone groups is 1. The third-order valence-corrected chi connectivity index (χ3v) is 4.68. The van der Waals surface area contributed by atoms with Crippen molar-refractivity contribution in [2.45, 2.75) is 26.3 Å². The average Bonchev–Trinajstić information content (AvgIpc) is 3.12. The molecule has 0 bridgehead atoms. The molecule has 1 aliphatic rings. The molecule has 1 atom stereocenters. The van der Waals surface area contributed by atoms with Gasteiger partial charge in [0, 0.05) is 18.9 Å². The van der Waals surface area contributed by atoms with E-state index in [0.29, 0.717) is 23.7 Å². The SMILES string of the molecule is COc1ccc(C2CC(c3cccc(C)c3)=NN2C(C)=O)c(OC)c1OC. The molecule has 27 heavy (non-hydrogen) atoms. The molecule has 0 fully saturated rings. The van der Waals surface area contributed by atoms with Crippen LogP contribution >= 0.6 is 0 Å². The number of amides is 1. The van der Waals surface area contributed by atoms with E-state index < -0.39 is 0 Å². The van der Waals surface area contributed by atoms with Gasteiger partial charge in [-0.2, -0.15) is 5.10 Å². The van der Waals surface area contributed by atoms with Crippen LogP contribution in [0.15, 0.2) is 41.5 Å². The Morgan fingerprint density at radius 3 is 2.41 bits per heavy atom. The largest absolute Gasteiger partial charge is 0.493 e. The summed E-state index contributed by atoms with van der Waals surface area (Å²) in [5.41, 5.74) is 3.87. The molecular weight excluding hydrogens is 344 g/mol. The van der Waals surface area contributed by atoms with Crippen LogP contribution in [-0.4, -0.2) is 38.0 Å². The van der Waals surface area contributed by atoms with Crippen molar-refractivity contribution in [3.63, 3.8) is 0 Å². The van der Waals surface area contributed by atoms with Crippen molar-refractivity contribution in [3.8, 4) is 17.2 Å². The molecule has 2 aromatic carbocycles. The van der Waals surface area contributed by atoms with Crippen molar-refractivity contribution in [1.29, 1.82) is 0 Å². The Kier molecular flexibility index (Phi) is 5.35. The monoisotopic (exact) mass is 368 g/mol. The summed E-state index contributed by atoms with van der Waals surface area (Å²) in [7, 11) is 4.72. The third-order valence-electron chi connectivity index (χ3n) is 4.68. The highest BCUT2D eigenvalue weighted by molar-refractivity contribution is 6.03. The van der Waals surface area contributed by atoms with Gasteiger partial charge in [-0.15, -0.1) is 0 Å². The van der Waals surface area contributed by atoms with Crippen molar-refractivity contribution in [2.75, 3.05) is 21.3 Å². The number of hydrogen-bond donors (Lipinski definition) is 0. The van der Waals surface area contributed by atoms with E-state index in [2.05, 4.69) is 11.2 Å². The van der Waals surface area contributed by atoms with Crippen LogP contribution in [0.25, 0.3) is 0 Å². The molecule has 1 amide bonds. The minimum atomic E-state index is -0.271. The molecule has 142 valence electrons. The first kappa shape index (κ1) is 18.8. The minimum absolute atomic E-state index is 0.125. The van der Waals surface area contributed by atoms with Crippen LogP contribution < -0.4 is 14.2 Å². The molecule has 1 heterocycles. The zero-order valence-electron chi connectivity index (χ0n) is 16.3. The minimum Gasteiger partial charge on any atom is -0.493 e. The lowest BCUT2D eigenvalue weighted by atomic mass is 9.96. The summed E-state index contributed by atoms with van der Waals surface area (Å²) >= 11 is 0. The summed E-state index contributed by atoms with van der Waals surface area (Å²) in [4.78, 5) is 12.3. The lowest BCUT2D eigenvalue weighted by Crippen LogP contribution is -2.24. The lowest BCUT2D eigenvalue weighted by Gasteiger charge is -2.24. The highest BCUT2D eigenvalue weighted by Crippen LogP contribution is 2.46. The molecule has 0 saturated carbocycles. The van der Waals surface area contributed by atoms with Gasteiger partial charge >= 0.3 is 0 Å². The van der Waals surface area contributed by atoms with Gasteiger partial charge < -0.3 is 14.2 Å². The van der Waals surface area contributed by atoms with Crippen LogP contribution in [0, 0.1) is 6.92 Å². The standard InChI is InChI=1S/C21H24N2O4/c1-13-7-6-8-15(11-13)17-12-18(23(22-17)14(2)24)16-9-10-19(25-3)21(27-5)20(16)26-4/h6-11,18H,12H2,1-5H3. The maximum Gasteiger partial charge on any atom is 0.240 e. The van der Waals surface area contributed by atoms with Gasteiger partial charge in [-0.05, 0) is 24.6 Å². The van der Waals surface area contributed by atoms with Gasteiger partial charge in [0.15, 0.2) is 11.5 Å². The molecule has 0 saturated heterocycles. The van der Waals surface area contributed by atoms with Crippen molar-refractivity contribution >= 4 is 11.6 Å². The Labute approximate surface area is 159 Å². The second-order valence-corrected chi connectivity index (χ2v) is 6.42. The number of carbonyl (C=O) groups excluding carboxylic acids is 1. The van der Waals surface area contributed by atoms with Gasteiger partial charge in [0.25, 0.3) is 0 Å². The number of benzene rings is 2. The van der Waals surface area contributed by atoms with E-state index in [-0.39, 0.29) is 11.9 Å².